The van der Waals surface area contributed by atoms with Gasteiger partial charge in [-0.05, 0) is 31.6 Å². The topological polar surface area (TPSA) is 49.4 Å². The van der Waals surface area contributed by atoms with Gasteiger partial charge in [0.25, 0.3) is 0 Å². The summed E-state index contributed by atoms with van der Waals surface area (Å²) >= 11 is 0. The maximum Gasteiger partial charge on any atom is 0.246 e. The number of carbonyl (C=O) groups excluding carboxylic acids is 2. The fraction of sp³-hybridized carbons (Fsp3) is 0.857. The zero-order valence-electron chi connectivity index (χ0n) is 11.6. The minimum atomic E-state index is -0.277. The molecule has 0 aromatic rings. The van der Waals surface area contributed by atoms with E-state index >= 15 is 0 Å². The van der Waals surface area contributed by atoms with E-state index in [-0.39, 0.29) is 17.9 Å². The lowest BCUT2D eigenvalue weighted by Crippen LogP contribution is -2.45. The van der Waals surface area contributed by atoms with Gasteiger partial charge in [-0.3, -0.25) is 14.5 Å². The summed E-state index contributed by atoms with van der Waals surface area (Å²) in [5.41, 5.74) is 0. The first-order valence-corrected chi connectivity index (χ1v) is 7.18. The Bertz CT molecular complexity index is 343. The van der Waals surface area contributed by atoms with Gasteiger partial charge in [-0.25, -0.2) is 0 Å². The maximum atomic E-state index is 12.0. The quantitative estimate of drug-likeness (QED) is 0.772. The largest absolute Gasteiger partial charge is 0.302 e. The zero-order valence-corrected chi connectivity index (χ0v) is 11.6. The predicted molar refractivity (Wildman–Crippen MR) is 69.9 cm³/mol. The van der Waals surface area contributed by atoms with Gasteiger partial charge in [-0.15, -0.1) is 0 Å². The van der Waals surface area contributed by atoms with Crippen LogP contribution in [-0.4, -0.2) is 35.3 Å². The molecule has 4 nitrogen and oxygen atoms in total. The number of amides is 2. The van der Waals surface area contributed by atoms with Crippen molar-refractivity contribution in [2.75, 3.05) is 6.54 Å². The van der Waals surface area contributed by atoms with Crippen LogP contribution in [0.25, 0.3) is 0 Å². The van der Waals surface area contributed by atoms with Gasteiger partial charge in [0, 0.05) is 12.6 Å². The van der Waals surface area contributed by atoms with Gasteiger partial charge >= 0.3 is 0 Å². The molecular formula is C14H24N2O2. The number of nitrogens with one attached hydrogen (secondary N) is 1. The zero-order chi connectivity index (χ0) is 13.3. The lowest BCUT2D eigenvalue weighted by Gasteiger charge is -2.23. The Kier molecular flexibility index (Phi) is 4.05. The minimum absolute atomic E-state index is 0.0299. The van der Waals surface area contributed by atoms with Crippen molar-refractivity contribution in [1.29, 1.82) is 0 Å². The van der Waals surface area contributed by atoms with Gasteiger partial charge in [0.15, 0.2) is 0 Å². The van der Waals surface area contributed by atoms with E-state index in [1.807, 2.05) is 6.92 Å². The molecule has 0 aromatic heterocycles. The van der Waals surface area contributed by atoms with Crippen molar-refractivity contribution < 1.29 is 9.59 Å². The first kappa shape index (κ1) is 13.5. The number of hydrogen-bond acceptors (Lipinski definition) is 3. The number of imide groups is 1. The van der Waals surface area contributed by atoms with Crippen LogP contribution in [0.4, 0.5) is 0 Å². The molecule has 102 valence electrons. The summed E-state index contributed by atoms with van der Waals surface area (Å²) in [5, 5.41) is 3.42. The number of likely N-dealkylation sites (N-methyl/N-ethyl adjacent to an activating group) is 1. The SMILES string of the molecule is CCC1CCC(NC2CC(=O)N(CC)C2=O)C1C. The van der Waals surface area contributed by atoms with Crippen LogP contribution >= 0.6 is 0 Å². The van der Waals surface area contributed by atoms with Crippen molar-refractivity contribution in [1.82, 2.24) is 10.2 Å². The third kappa shape index (κ3) is 2.30. The first-order chi connectivity index (χ1) is 8.58. The highest BCUT2D eigenvalue weighted by atomic mass is 16.2. The molecule has 0 spiro atoms. The summed E-state index contributed by atoms with van der Waals surface area (Å²) in [6, 6.07) is 0.119. The molecule has 4 heteroatoms. The van der Waals surface area contributed by atoms with Gasteiger partial charge in [0.1, 0.15) is 0 Å². The Labute approximate surface area is 109 Å². The Hall–Kier alpha value is -0.900. The van der Waals surface area contributed by atoms with Crippen LogP contribution in [0.15, 0.2) is 0 Å². The Morgan fingerprint density at radius 1 is 1.28 bits per heavy atom. The monoisotopic (exact) mass is 252 g/mol. The van der Waals surface area contributed by atoms with Gasteiger partial charge in [-0.1, -0.05) is 20.3 Å². The third-order valence-electron chi connectivity index (χ3n) is 4.73. The van der Waals surface area contributed by atoms with Crippen molar-refractivity contribution in [3.05, 3.63) is 0 Å². The lowest BCUT2D eigenvalue weighted by atomic mass is 9.93. The molecular weight excluding hydrogens is 228 g/mol. The van der Waals surface area contributed by atoms with Crippen LogP contribution in [-0.2, 0) is 9.59 Å². The summed E-state index contributed by atoms with van der Waals surface area (Å²) in [6.07, 6.45) is 3.91. The second kappa shape index (κ2) is 5.39. The van der Waals surface area contributed by atoms with Crippen LogP contribution in [0, 0.1) is 11.8 Å². The molecule has 2 rings (SSSR count). The molecule has 0 bridgehead atoms. The molecule has 1 N–H and O–H groups in total. The second-order valence-corrected chi connectivity index (χ2v) is 5.61. The van der Waals surface area contributed by atoms with Crippen LogP contribution in [0.5, 0.6) is 0 Å². The van der Waals surface area contributed by atoms with E-state index in [1.165, 1.54) is 17.7 Å². The summed E-state index contributed by atoms with van der Waals surface area (Å²) < 4.78 is 0. The van der Waals surface area contributed by atoms with Crippen molar-refractivity contribution in [2.45, 2.75) is 58.5 Å². The number of nitrogens with zero attached hydrogens (tertiary/aromatic N) is 1. The smallest absolute Gasteiger partial charge is 0.246 e. The van der Waals surface area contributed by atoms with Gasteiger partial charge in [0.05, 0.1) is 12.5 Å². The highest BCUT2D eigenvalue weighted by molar-refractivity contribution is 6.05. The lowest BCUT2D eigenvalue weighted by molar-refractivity contribution is -0.138. The maximum absolute atomic E-state index is 12.0. The Morgan fingerprint density at radius 3 is 2.50 bits per heavy atom. The van der Waals surface area contributed by atoms with E-state index in [0.29, 0.717) is 24.9 Å². The predicted octanol–water partition coefficient (Wildman–Crippen LogP) is 1.55. The molecule has 18 heavy (non-hydrogen) atoms. The number of carbonyl (C=O) groups is 2. The van der Waals surface area contributed by atoms with Crippen LogP contribution in [0.3, 0.4) is 0 Å². The molecule has 1 saturated heterocycles. The third-order valence-corrected chi connectivity index (χ3v) is 4.73. The van der Waals surface area contributed by atoms with E-state index in [4.69, 9.17) is 0 Å². The highest BCUT2D eigenvalue weighted by Gasteiger charge is 2.41. The molecule has 2 amide bonds. The van der Waals surface area contributed by atoms with Crippen LogP contribution < -0.4 is 5.32 Å². The molecule has 4 atom stereocenters. The summed E-state index contributed by atoms with van der Waals surface area (Å²) in [6.45, 7) is 6.83. The van der Waals surface area contributed by atoms with Gasteiger partial charge < -0.3 is 5.32 Å². The van der Waals surface area contributed by atoms with E-state index in [0.717, 1.165) is 12.3 Å². The summed E-state index contributed by atoms with van der Waals surface area (Å²) in [4.78, 5) is 25.1. The highest BCUT2D eigenvalue weighted by Crippen LogP contribution is 2.34. The van der Waals surface area contributed by atoms with Gasteiger partial charge in [0.2, 0.25) is 11.8 Å². The normalized spacial score (nSPS) is 36.7. The molecule has 2 fully saturated rings. The molecule has 0 radical (unpaired) electrons. The van der Waals surface area contributed by atoms with Crippen molar-refractivity contribution >= 4 is 11.8 Å². The van der Waals surface area contributed by atoms with E-state index in [1.54, 1.807) is 0 Å². The van der Waals surface area contributed by atoms with Crippen molar-refractivity contribution in [3.63, 3.8) is 0 Å². The Morgan fingerprint density at radius 2 is 2.00 bits per heavy atom. The molecule has 0 aromatic carbocycles. The summed E-state index contributed by atoms with van der Waals surface area (Å²) in [5.74, 6) is 1.30. The number of rotatable bonds is 4. The molecule has 1 heterocycles. The second-order valence-electron chi connectivity index (χ2n) is 5.61. The van der Waals surface area contributed by atoms with E-state index in [2.05, 4.69) is 19.2 Å². The molecule has 1 saturated carbocycles. The fourth-order valence-electron chi connectivity index (χ4n) is 3.46. The average Bonchev–Trinajstić information content (AvgIpc) is 2.82. The molecule has 1 aliphatic heterocycles. The standard InChI is InChI=1S/C14H24N2O2/c1-4-10-6-7-11(9(10)3)15-12-8-13(17)16(5-2)14(12)18/h9-12,15H,4-8H2,1-3H3. The van der Waals surface area contributed by atoms with Crippen LogP contribution in [0.1, 0.15) is 46.5 Å². The van der Waals surface area contributed by atoms with E-state index < -0.39 is 0 Å². The van der Waals surface area contributed by atoms with Crippen LogP contribution in [0.2, 0.25) is 0 Å². The molecule has 4 unspecified atom stereocenters. The number of hydrogen-bond donors (Lipinski definition) is 1. The minimum Gasteiger partial charge on any atom is -0.302 e. The van der Waals surface area contributed by atoms with Crippen molar-refractivity contribution in [3.8, 4) is 0 Å². The fourth-order valence-corrected chi connectivity index (χ4v) is 3.46. The Balaban J connectivity index is 1.95. The molecule has 1 aliphatic carbocycles. The van der Waals surface area contributed by atoms with Gasteiger partial charge in [-0.2, -0.15) is 0 Å². The molecule has 2 aliphatic rings. The van der Waals surface area contributed by atoms with E-state index in [9.17, 15) is 9.59 Å². The summed E-state index contributed by atoms with van der Waals surface area (Å²) in [7, 11) is 0. The first-order valence-electron chi connectivity index (χ1n) is 7.18. The number of likely N-dealkylation sites (tertiary alicyclic amines) is 1. The van der Waals surface area contributed by atoms with Crippen molar-refractivity contribution in [2.24, 2.45) is 11.8 Å². The average molecular weight is 252 g/mol.